The first-order valence-corrected chi connectivity index (χ1v) is 13.1. The molecule has 0 amide bonds. The summed E-state index contributed by atoms with van der Waals surface area (Å²) in [6.45, 7) is 4.74. The highest BCUT2D eigenvalue weighted by atomic mass is 16.5. The Hall–Kier alpha value is -3.51. The number of hydrogen-bond acceptors (Lipinski definition) is 5. The van der Waals surface area contributed by atoms with Crippen molar-refractivity contribution in [1.29, 1.82) is 0 Å². The maximum Gasteiger partial charge on any atom is 0.339 e. The summed E-state index contributed by atoms with van der Waals surface area (Å²) in [4.78, 5) is 34.0. The van der Waals surface area contributed by atoms with Crippen molar-refractivity contribution in [2.24, 2.45) is 0 Å². The van der Waals surface area contributed by atoms with Gasteiger partial charge in [0.05, 0.1) is 23.0 Å². The van der Waals surface area contributed by atoms with Gasteiger partial charge in [0, 0.05) is 47.2 Å². The highest BCUT2D eigenvalue weighted by Crippen LogP contribution is 2.33. The minimum absolute atomic E-state index is 0.0130. The van der Waals surface area contributed by atoms with Gasteiger partial charge in [0.1, 0.15) is 6.61 Å². The third-order valence-corrected chi connectivity index (χ3v) is 7.75. The number of ether oxygens (including phenoxy) is 1. The van der Waals surface area contributed by atoms with Crippen LogP contribution in [0.4, 0.5) is 0 Å². The van der Waals surface area contributed by atoms with Crippen molar-refractivity contribution in [1.82, 2.24) is 14.5 Å². The molecule has 36 heavy (non-hydrogen) atoms. The summed E-state index contributed by atoms with van der Waals surface area (Å²) in [7, 11) is 0. The molecule has 0 atom stereocenters. The molecule has 2 aliphatic rings. The molecule has 6 nitrogen and oxygen atoms in total. The summed E-state index contributed by atoms with van der Waals surface area (Å²) < 4.78 is 7.65. The highest BCUT2D eigenvalue weighted by Gasteiger charge is 2.27. The smallest absolute Gasteiger partial charge is 0.339 e. The van der Waals surface area contributed by atoms with Gasteiger partial charge >= 0.3 is 5.97 Å². The minimum Gasteiger partial charge on any atom is -0.462 e. The van der Waals surface area contributed by atoms with Gasteiger partial charge in [-0.1, -0.05) is 43.3 Å². The molecule has 4 aromatic rings. The predicted octanol–water partition coefficient (Wildman–Crippen LogP) is 5.33. The third kappa shape index (κ3) is 3.90. The fraction of sp³-hybridized carbons (Fsp3) is 0.367. The Morgan fingerprint density at radius 3 is 2.58 bits per heavy atom. The number of pyridine rings is 1. The van der Waals surface area contributed by atoms with Crippen LogP contribution in [0.5, 0.6) is 0 Å². The summed E-state index contributed by atoms with van der Waals surface area (Å²) in [5.74, 6) is -0.379. The Kier molecular flexibility index (Phi) is 6.05. The van der Waals surface area contributed by atoms with Crippen LogP contribution in [0, 0.1) is 0 Å². The number of fused-ring (bicyclic) bond motifs is 5. The van der Waals surface area contributed by atoms with Gasteiger partial charge in [-0.05, 0) is 49.9 Å². The molecule has 1 aliphatic carbocycles. The van der Waals surface area contributed by atoms with Crippen molar-refractivity contribution < 1.29 is 14.3 Å². The fourth-order valence-electron chi connectivity index (χ4n) is 5.94. The van der Waals surface area contributed by atoms with Gasteiger partial charge < -0.3 is 4.74 Å². The molecule has 6 heteroatoms. The molecule has 0 saturated heterocycles. The molecule has 0 saturated carbocycles. The summed E-state index contributed by atoms with van der Waals surface area (Å²) in [6.07, 6.45) is 5.16. The number of para-hydroxylation sites is 2. The van der Waals surface area contributed by atoms with E-state index in [9.17, 15) is 9.59 Å². The maximum absolute atomic E-state index is 13.5. The summed E-state index contributed by atoms with van der Waals surface area (Å²) in [6, 6.07) is 15.9. The molecule has 0 radical (unpaired) electrons. The first-order valence-electron chi connectivity index (χ1n) is 13.1. The fourth-order valence-corrected chi connectivity index (χ4v) is 5.94. The van der Waals surface area contributed by atoms with Crippen LogP contribution < -0.4 is 0 Å². The number of aryl methyl sites for hydroxylation is 1. The van der Waals surface area contributed by atoms with Crippen molar-refractivity contribution in [2.75, 3.05) is 19.7 Å². The average molecular weight is 482 g/mol. The lowest BCUT2D eigenvalue weighted by Gasteiger charge is -2.28. The van der Waals surface area contributed by atoms with Crippen molar-refractivity contribution >= 4 is 33.7 Å². The number of rotatable bonds is 5. The lowest BCUT2D eigenvalue weighted by atomic mass is 9.95. The third-order valence-electron chi connectivity index (χ3n) is 7.75. The van der Waals surface area contributed by atoms with Gasteiger partial charge in [0.2, 0.25) is 5.91 Å². The highest BCUT2D eigenvalue weighted by molar-refractivity contribution is 6.05. The Balaban J connectivity index is 1.26. The second-order valence-electron chi connectivity index (χ2n) is 9.81. The van der Waals surface area contributed by atoms with Crippen LogP contribution in [-0.2, 0) is 30.5 Å². The van der Waals surface area contributed by atoms with Crippen molar-refractivity contribution in [2.45, 2.75) is 52.0 Å². The second-order valence-corrected chi connectivity index (χ2v) is 9.81. The summed E-state index contributed by atoms with van der Waals surface area (Å²) in [5, 5.41) is 1.99. The van der Waals surface area contributed by atoms with E-state index in [0.29, 0.717) is 12.1 Å². The Morgan fingerprint density at radius 1 is 0.944 bits per heavy atom. The maximum atomic E-state index is 13.5. The molecule has 0 N–H and O–H groups in total. The molecule has 2 aromatic carbocycles. The number of likely N-dealkylation sites (N-methyl/N-ethyl adjacent to an activating group) is 1. The van der Waals surface area contributed by atoms with Gasteiger partial charge in [0.15, 0.2) is 0 Å². The van der Waals surface area contributed by atoms with E-state index in [1.165, 1.54) is 10.9 Å². The van der Waals surface area contributed by atoms with E-state index in [4.69, 9.17) is 9.72 Å². The van der Waals surface area contributed by atoms with Gasteiger partial charge in [-0.15, -0.1) is 0 Å². The Labute approximate surface area is 210 Å². The number of benzene rings is 2. The van der Waals surface area contributed by atoms with Gasteiger partial charge in [-0.25, -0.2) is 4.79 Å². The second kappa shape index (κ2) is 9.51. The van der Waals surface area contributed by atoms with E-state index in [1.54, 1.807) is 0 Å². The molecule has 2 aromatic heterocycles. The van der Waals surface area contributed by atoms with Gasteiger partial charge in [-0.3, -0.25) is 19.2 Å². The summed E-state index contributed by atoms with van der Waals surface area (Å²) >= 11 is 0. The first kappa shape index (κ1) is 22.9. The standard InChI is InChI=1S/C30H31N3O3/c1-2-32-17-15-25-23(19-32)29(22-11-3-6-12-24(22)31-25)30(35)36-18-16-28(34)33-26-13-7-4-9-20(26)21-10-5-8-14-27(21)33/h3-4,6-7,9,11-13H,2,5,8,10,14-19H2,1H3. The van der Waals surface area contributed by atoms with E-state index < -0.39 is 0 Å². The molecule has 0 spiro atoms. The van der Waals surface area contributed by atoms with Crippen molar-refractivity contribution in [3.8, 4) is 0 Å². The molecule has 6 rings (SSSR count). The zero-order chi connectivity index (χ0) is 24.6. The largest absolute Gasteiger partial charge is 0.462 e. The van der Waals surface area contributed by atoms with Crippen LogP contribution in [0.1, 0.15) is 63.9 Å². The zero-order valence-electron chi connectivity index (χ0n) is 20.8. The van der Waals surface area contributed by atoms with Crippen LogP contribution in [-0.4, -0.2) is 46.0 Å². The first-order chi connectivity index (χ1) is 17.7. The lowest BCUT2D eigenvalue weighted by Crippen LogP contribution is -2.32. The molecular weight excluding hydrogens is 450 g/mol. The topological polar surface area (TPSA) is 64.4 Å². The van der Waals surface area contributed by atoms with Crippen LogP contribution in [0.3, 0.4) is 0 Å². The lowest BCUT2D eigenvalue weighted by molar-refractivity contribution is 0.0488. The zero-order valence-corrected chi connectivity index (χ0v) is 20.8. The van der Waals surface area contributed by atoms with Crippen LogP contribution in [0.15, 0.2) is 48.5 Å². The molecule has 3 heterocycles. The van der Waals surface area contributed by atoms with E-state index >= 15 is 0 Å². The molecule has 0 bridgehead atoms. The van der Waals surface area contributed by atoms with E-state index in [1.807, 2.05) is 47.0 Å². The number of hydrogen-bond donors (Lipinski definition) is 0. The van der Waals surface area contributed by atoms with Crippen LogP contribution in [0.2, 0.25) is 0 Å². The molecule has 0 unspecified atom stereocenters. The SMILES string of the molecule is CCN1CCc2nc3ccccc3c(C(=O)OCCC(=O)n3c4c(c5ccccc53)CCCC4)c2C1. The predicted molar refractivity (Wildman–Crippen MR) is 141 cm³/mol. The van der Waals surface area contributed by atoms with Crippen LogP contribution >= 0.6 is 0 Å². The number of carbonyl (C=O) groups is 2. The number of nitrogens with zero attached hydrogens (tertiary/aromatic N) is 3. The van der Waals surface area contributed by atoms with E-state index in [0.717, 1.165) is 78.6 Å². The number of aromatic nitrogens is 2. The van der Waals surface area contributed by atoms with Gasteiger partial charge in [-0.2, -0.15) is 0 Å². The summed E-state index contributed by atoms with van der Waals surface area (Å²) in [5.41, 5.74) is 6.76. The Morgan fingerprint density at radius 2 is 1.72 bits per heavy atom. The van der Waals surface area contributed by atoms with E-state index in [-0.39, 0.29) is 24.9 Å². The minimum atomic E-state index is -0.366. The van der Waals surface area contributed by atoms with Crippen LogP contribution in [0.25, 0.3) is 21.8 Å². The van der Waals surface area contributed by atoms with Crippen molar-refractivity contribution in [3.63, 3.8) is 0 Å². The molecule has 1 aliphatic heterocycles. The van der Waals surface area contributed by atoms with Crippen molar-refractivity contribution in [3.05, 3.63) is 76.6 Å². The average Bonchev–Trinajstić information content (AvgIpc) is 3.26. The normalized spacial score (nSPS) is 15.6. The molecule has 184 valence electrons. The monoisotopic (exact) mass is 481 g/mol. The van der Waals surface area contributed by atoms with E-state index in [2.05, 4.69) is 17.9 Å². The molecular formula is C30H31N3O3. The number of carbonyl (C=O) groups excluding carboxylic acids is 2. The molecule has 0 fully saturated rings. The number of esters is 1. The van der Waals surface area contributed by atoms with Gasteiger partial charge in [0.25, 0.3) is 0 Å². The Bertz CT molecular complexity index is 1490. The quantitative estimate of drug-likeness (QED) is 0.360.